The van der Waals surface area contributed by atoms with Crippen LogP contribution in [-0.2, 0) is 27.1 Å². The molecule has 0 aromatic rings. The van der Waals surface area contributed by atoms with Crippen LogP contribution in [0.5, 0.6) is 0 Å². The van der Waals surface area contributed by atoms with E-state index in [1.807, 2.05) is 0 Å². The van der Waals surface area contributed by atoms with Gasteiger partial charge in [-0.25, -0.2) is 17.8 Å². The van der Waals surface area contributed by atoms with Crippen molar-refractivity contribution in [2.75, 3.05) is 6.35 Å². The minimum Gasteiger partial charge on any atom is -0.358 e. The van der Waals surface area contributed by atoms with Crippen molar-refractivity contribution in [3.05, 3.63) is 11.9 Å². The second-order valence-corrected chi connectivity index (χ2v) is 9.07. The summed E-state index contributed by atoms with van der Waals surface area (Å²) in [6.07, 6.45) is -0.783. The summed E-state index contributed by atoms with van der Waals surface area (Å²) in [4.78, 5) is 34.8. The van der Waals surface area contributed by atoms with E-state index < -0.39 is 41.5 Å². The van der Waals surface area contributed by atoms with Crippen LogP contribution in [0.1, 0.15) is 13.3 Å². The predicted molar refractivity (Wildman–Crippen MR) is 66.6 cm³/mol. The highest BCUT2D eigenvalue weighted by atomic mass is 31.3. The summed E-state index contributed by atoms with van der Waals surface area (Å²) in [5.41, 5.74) is 0. The molecule has 0 amide bonds. The fourth-order valence-corrected chi connectivity index (χ4v) is 4.87. The maximum absolute atomic E-state index is 13.3. The lowest BCUT2D eigenvalue weighted by molar-refractivity contribution is 0.0811. The van der Waals surface area contributed by atoms with Crippen LogP contribution in [0.3, 0.4) is 0 Å². The molecule has 14 heteroatoms. The van der Waals surface area contributed by atoms with E-state index in [-0.39, 0.29) is 12.3 Å². The van der Waals surface area contributed by atoms with E-state index in [2.05, 4.69) is 8.62 Å². The van der Waals surface area contributed by atoms with Crippen LogP contribution < -0.4 is 0 Å². The highest BCUT2D eigenvalue weighted by Crippen LogP contribution is 2.66. The zero-order valence-electron chi connectivity index (χ0n) is 10.6. The average molecular weight is 370 g/mol. The molecule has 124 valence electrons. The van der Waals surface area contributed by atoms with Gasteiger partial charge >= 0.3 is 23.2 Å². The molecule has 0 saturated carbocycles. The smallest absolute Gasteiger partial charge is 0.358 e. The second-order valence-electron chi connectivity index (χ2n) is 4.31. The summed E-state index contributed by atoms with van der Waals surface area (Å²) in [6, 6.07) is 0. The van der Waals surface area contributed by atoms with Crippen molar-refractivity contribution in [2.24, 2.45) is 5.92 Å². The molecule has 0 spiro atoms. The summed E-state index contributed by atoms with van der Waals surface area (Å²) in [5.74, 6) is -0.794. The number of hydrogen-bond donors (Lipinski definition) is 4. The lowest BCUT2D eigenvalue weighted by Crippen LogP contribution is -2.13. The molecule has 0 aromatic carbocycles. The molecule has 1 aliphatic carbocycles. The average Bonchev–Trinajstić information content (AvgIpc) is 2.48. The van der Waals surface area contributed by atoms with Crippen LogP contribution >= 0.6 is 23.2 Å². The van der Waals surface area contributed by atoms with E-state index >= 15 is 0 Å². The number of allylic oxidation sites excluding steroid dienone is 1. The summed E-state index contributed by atoms with van der Waals surface area (Å²) in [5, 5.41) is 0. The Morgan fingerprint density at radius 2 is 1.81 bits per heavy atom. The molecule has 4 atom stereocenters. The van der Waals surface area contributed by atoms with E-state index in [0.717, 1.165) is 0 Å². The van der Waals surface area contributed by atoms with Crippen molar-refractivity contribution < 1.29 is 51.0 Å². The fraction of sp³-hybridized carbons (Fsp3) is 0.714. The van der Waals surface area contributed by atoms with Crippen LogP contribution in [0.15, 0.2) is 11.9 Å². The van der Waals surface area contributed by atoms with Gasteiger partial charge in [-0.1, -0.05) is 6.92 Å². The molecule has 0 saturated heterocycles. The maximum Gasteiger partial charge on any atom is 0.488 e. The van der Waals surface area contributed by atoms with Crippen LogP contribution in [0.2, 0.25) is 0 Å². The van der Waals surface area contributed by atoms with Gasteiger partial charge in [-0.05, 0) is 18.4 Å². The Bertz CT molecular complexity index is 555. The molecule has 0 fully saturated rings. The van der Waals surface area contributed by atoms with E-state index in [4.69, 9.17) is 19.4 Å². The monoisotopic (exact) mass is 370 g/mol. The van der Waals surface area contributed by atoms with E-state index in [0.29, 0.717) is 0 Å². The molecular formula is C7H14FO10P3. The van der Waals surface area contributed by atoms with E-state index in [9.17, 15) is 23.0 Å². The fourth-order valence-electron chi connectivity index (χ4n) is 1.56. The van der Waals surface area contributed by atoms with Crippen molar-refractivity contribution in [3.8, 4) is 0 Å². The number of hydrogen-bond acceptors (Lipinski definition) is 6. The highest BCUT2D eigenvalue weighted by molar-refractivity contribution is 7.68. The Balaban J connectivity index is 2.58. The zero-order chi connectivity index (χ0) is 16.5. The van der Waals surface area contributed by atoms with Gasteiger partial charge in [0, 0.05) is 0 Å². The third-order valence-corrected chi connectivity index (χ3v) is 6.21. The second kappa shape index (κ2) is 6.68. The SMILES string of the molecule is C[C@@H]1C=C(F)[C@H](OCP(=O)(O)OP(=O)(O)OP(=O)(O)O)C1. The lowest BCUT2D eigenvalue weighted by atomic mass is 10.1. The van der Waals surface area contributed by atoms with Crippen LogP contribution in [0.4, 0.5) is 4.39 Å². The first-order valence-electron chi connectivity index (χ1n) is 5.41. The molecule has 0 heterocycles. The lowest BCUT2D eigenvalue weighted by Gasteiger charge is -2.18. The Labute approximate surface area is 118 Å². The molecule has 2 unspecified atom stereocenters. The van der Waals surface area contributed by atoms with Crippen molar-refractivity contribution in [1.82, 2.24) is 0 Å². The van der Waals surface area contributed by atoms with E-state index in [1.165, 1.54) is 6.08 Å². The quantitative estimate of drug-likeness (QED) is 0.485. The maximum atomic E-state index is 13.3. The van der Waals surface area contributed by atoms with Gasteiger partial charge in [0.15, 0.2) is 0 Å². The molecule has 0 aliphatic heterocycles. The normalized spacial score (nSPS) is 28.8. The van der Waals surface area contributed by atoms with Gasteiger partial charge in [0.05, 0.1) is 0 Å². The standard InChI is InChI=1S/C7H14FO10P3/c1-5-2-6(8)7(3-5)16-4-19(9,10)17-21(14,15)18-20(11,12)13/h2,5,7H,3-4H2,1H3,(H,9,10)(H,14,15)(H2,11,12,13)/t5-,7-/m1/s1. The molecule has 0 aromatic heterocycles. The molecule has 10 nitrogen and oxygen atoms in total. The third kappa shape index (κ3) is 7.25. The first-order chi connectivity index (χ1) is 9.30. The molecule has 21 heavy (non-hydrogen) atoms. The van der Waals surface area contributed by atoms with Crippen LogP contribution in [0, 0.1) is 5.92 Å². The minimum atomic E-state index is -5.49. The molecule has 4 N–H and O–H groups in total. The van der Waals surface area contributed by atoms with Gasteiger partial charge in [-0.2, -0.15) is 4.31 Å². The van der Waals surface area contributed by atoms with Gasteiger partial charge in [-0.15, -0.1) is 0 Å². The van der Waals surface area contributed by atoms with Gasteiger partial charge in [0.1, 0.15) is 18.3 Å². The predicted octanol–water partition coefficient (Wildman–Crippen LogP) is 1.63. The Hall–Kier alpha value is 0.0800. The summed E-state index contributed by atoms with van der Waals surface area (Å²) in [6.45, 7) is 1.69. The zero-order valence-corrected chi connectivity index (χ0v) is 13.3. The van der Waals surface area contributed by atoms with E-state index in [1.54, 1.807) is 6.92 Å². The van der Waals surface area contributed by atoms with Crippen molar-refractivity contribution >= 4 is 23.2 Å². The molecule has 1 aliphatic rings. The van der Waals surface area contributed by atoms with Crippen LogP contribution in [-0.4, -0.2) is 32.0 Å². The van der Waals surface area contributed by atoms with Crippen molar-refractivity contribution in [3.63, 3.8) is 0 Å². The number of halogens is 1. The Morgan fingerprint density at radius 3 is 2.24 bits per heavy atom. The third-order valence-electron chi connectivity index (χ3n) is 2.22. The van der Waals surface area contributed by atoms with Gasteiger partial charge < -0.3 is 24.3 Å². The highest BCUT2D eigenvalue weighted by Gasteiger charge is 2.40. The summed E-state index contributed by atoms with van der Waals surface area (Å²) >= 11 is 0. The topological polar surface area (TPSA) is 160 Å². The van der Waals surface area contributed by atoms with Crippen molar-refractivity contribution in [1.29, 1.82) is 0 Å². The molecule has 0 bridgehead atoms. The van der Waals surface area contributed by atoms with Gasteiger partial charge in [0.2, 0.25) is 0 Å². The van der Waals surface area contributed by atoms with Gasteiger partial charge in [0.25, 0.3) is 0 Å². The Morgan fingerprint density at radius 1 is 1.24 bits per heavy atom. The largest absolute Gasteiger partial charge is 0.488 e. The number of ether oxygens (including phenoxy) is 1. The molecule has 1 rings (SSSR count). The summed E-state index contributed by atoms with van der Waals surface area (Å²) in [7, 11) is -15.8. The first kappa shape index (κ1) is 19.1. The molecule has 0 radical (unpaired) electrons. The van der Waals surface area contributed by atoms with Gasteiger partial charge in [-0.3, -0.25) is 4.57 Å². The summed E-state index contributed by atoms with van der Waals surface area (Å²) < 4.78 is 58.1. The minimum absolute atomic E-state index is 0.143. The van der Waals surface area contributed by atoms with Crippen molar-refractivity contribution in [2.45, 2.75) is 19.4 Å². The first-order valence-corrected chi connectivity index (χ1v) is 10.2. The molecular weight excluding hydrogens is 356 g/mol. The Kier molecular flexibility index (Phi) is 6.08. The van der Waals surface area contributed by atoms with Crippen LogP contribution in [0.25, 0.3) is 0 Å². The number of rotatable bonds is 7. The number of phosphoric acid groups is 2.